The van der Waals surface area contributed by atoms with Gasteiger partial charge in [-0.3, -0.25) is 14.2 Å². The molecule has 2 heterocycles. The molecular formula is C18H18BrCl2N5O. The summed E-state index contributed by atoms with van der Waals surface area (Å²) in [6.07, 6.45) is 2.12. The molecule has 0 fully saturated rings. The number of carbonyl (C=O) groups excluding carboxylic acids is 1. The van der Waals surface area contributed by atoms with E-state index in [1.807, 2.05) is 24.6 Å². The predicted octanol–water partition coefficient (Wildman–Crippen LogP) is 4.84. The topological polar surface area (TPSA) is 64.7 Å². The molecule has 3 aromatic rings. The smallest absolute Gasteiger partial charge is 0.227 e. The molecule has 6 nitrogen and oxygen atoms in total. The van der Waals surface area contributed by atoms with Gasteiger partial charge >= 0.3 is 0 Å². The zero-order valence-electron chi connectivity index (χ0n) is 14.8. The molecule has 0 saturated carbocycles. The summed E-state index contributed by atoms with van der Waals surface area (Å²) in [6.45, 7) is 4.93. The summed E-state index contributed by atoms with van der Waals surface area (Å²) >= 11 is 15.4. The minimum absolute atomic E-state index is 0.113. The summed E-state index contributed by atoms with van der Waals surface area (Å²) in [6, 6.07) is 7.20. The van der Waals surface area contributed by atoms with Crippen LogP contribution in [0.2, 0.25) is 10.0 Å². The maximum atomic E-state index is 12.2. The van der Waals surface area contributed by atoms with Crippen LogP contribution in [0, 0.1) is 13.8 Å². The fourth-order valence-corrected chi connectivity index (χ4v) is 3.25. The van der Waals surface area contributed by atoms with Gasteiger partial charge in [0.1, 0.15) is 0 Å². The van der Waals surface area contributed by atoms with Crippen molar-refractivity contribution in [1.82, 2.24) is 19.6 Å². The summed E-state index contributed by atoms with van der Waals surface area (Å²) < 4.78 is 4.53. The first-order chi connectivity index (χ1) is 12.8. The van der Waals surface area contributed by atoms with Crippen molar-refractivity contribution in [3.8, 4) is 0 Å². The van der Waals surface area contributed by atoms with Crippen LogP contribution in [0.4, 0.5) is 5.82 Å². The summed E-state index contributed by atoms with van der Waals surface area (Å²) in [4.78, 5) is 12.2. The molecule has 0 unspecified atom stereocenters. The molecule has 0 atom stereocenters. The van der Waals surface area contributed by atoms with Gasteiger partial charge in [0, 0.05) is 24.4 Å². The van der Waals surface area contributed by atoms with Crippen LogP contribution in [0.1, 0.15) is 23.4 Å². The van der Waals surface area contributed by atoms with Crippen LogP contribution in [0.3, 0.4) is 0 Å². The minimum atomic E-state index is -0.113. The Balaban J connectivity index is 1.55. The van der Waals surface area contributed by atoms with Crippen LogP contribution in [-0.4, -0.2) is 25.5 Å². The van der Waals surface area contributed by atoms with Gasteiger partial charge in [-0.05, 0) is 47.5 Å². The Hall–Kier alpha value is -1.83. The first kappa shape index (κ1) is 19.9. The fraction of sp³-hybridized carbons (Fsp3) is 0.278. The first-order valence-corrected chi connectivity index (χ1v) is 9.85. The zero-order valence-corrected chi connectivity index (χ0v) is 17.9. The fourth-order valence-electron chi connectivity index (χ4n) is 2.65. The number of aromatic nitrogens is 4. The van der Waals surface area contributed by atoms with E-state index in [0.29, 0.717) is 35.4 Å². The molecule has 0 saturated heterocycles. The third-order valence-electron chi connectivity index (χ3n) is 4.08. The van der Waals surface area contributed by atoms with Crippen molar-refractivity contribution in [2.75, 3.05) is 5.32 Å². The van der Waals surface area contributed by atoms with Crippen molar-refractivity contribution in [1.29, 1.82) is 0 Å². The Morgan fingerprint density at radius 1 is 1.19 bits per heavy atom. The molecule has 2 aromatic heterocycles. The molecule has 3 rings (SSSR count). The van der Waals surface area contributed by atoms with Crippen molar-refractivity contribution in [3.63, 3.8) is 0 Å². The number of aryl methyl sites for hydroxylation is 2. The maximum absolute atomic E-state index is 12.2. The third kappa shape index (κ3) is 4.91. The number of nitrogens with zero attached hydrogens (tertiary/aromatic N) is 4. The highest BCUT2D eigenvalue weighted by atomic mass is 79.9. The number of nitrogens with one attached hydrogen (secondary N) is 1. The van der Waals surface area contributed by atoms with E-state index in [4.69, 9.17) is 23.2 Å². The summed E-state index contributed by atoms with van der Waals surface area (Å²) in [5, 5.41) is 12.6. The van der Waals surface area contributed by atoms with Crippen LogP contribution in [0.5, 0.6) is 0 Å². The molecule has 142 valence electrons. The van der Waals surface area contributed by atoms with Crippen molar-refractivity contribution >= 4 is 50.9 Å². The first-order valence-electron chi connectivity index (χ1n) is 8.30. The van der Waals surface area contributed by atoms with E-state index in [9.17, 15) is 4.79 Å². The van der Waals surface area contributed by atoms with Crippen LogP contribution in [0.15, 0.2) is 34.9 Å². The minimum Gasteiger partial charge on any atom is -0.309 e. The summed E-state index contributed by atoms with van der Waals surface area (Å²) in [7, 11) is 0. The molecule has 27 heavy (non-hydrogen) atoms. The number of benzene rings is 1. The van der Waals surface area contributed by atoms with E-state index in [1.54, 1.807) is 29.1 Å². The number of halogens is 3. The molecule has 1 amide bonds. The highest BCUT2D eigenvalue weighted by Gasteiger charge is 2.11. The predicted molar refractivity (Wildman–Crippen MR) is 110 cm³/mol. The molecule has 1 N–H and O–H groups in total. The second kappa shape index (κ2) is 8.46. The quantitative estimate of drug-likeness (QED) is 0.560. The van der Waals surface area contributed by atoms with Gasteiger partial charge in [-0.15, -0.1) is 0 Å². The van der Waals surface area contributed by atoms with Crippen molar-refractivity contribution in [2.45, 2.75) is 33.4 Å². The van der Waals surface area contributed by atoms with E-state index >= 15 is 0 Å². The highest BCUT2D eigenvalue weighted by molar-refractivity contribution is 9.10. The van der Waals surface area contributed by atoms with E-state index < -0.39 is 0 Å². The number of hydrogen-bond donors (Lipinski definition) is 1. The van der Waals surface area contributed by atoms with Gasteiger partial charge in [-0.2, -0.15) is 10.2 Å². The molecule has 9 heteroatoms. The molecule has 0 aliphatic carbocycles. The molecule has 1 aromatic carbocycles. The Morgan fingerprint density at radius 3 is 2.63 bits per heavy atom. The summed E-state index contributed by atoms with van der Waals surface area (Å²) in [5.74, 6) is 0.396. The Kier molecular flexibility index (Phi) is 6.24. The van der Waals surface area contributed by atoms with Crippen LogP contribution < -0.4 is 5.32 Å². The monoisotopic (exact) mass is 469 g/mol. The molecule has 0 spiro atoms. The molecular weight excluding hydrogens is 453 g/mol. The van der Waals surface area contributed by atoms with E-state index in [-0.39, 0.29) is 5.91 Å². The SMILES string of the molecule is Cc1nn(CCC(=O)Nc2ccn(Cc3ccc(Cl)c(Cl)c3)n2)c(C)c1Br. The van der Waals surface area contributed by atoms with Crippen LogP contribution >= 0.6 is 39.1 Å². The standard InChI is InChI=1S/C18H18BrCl2N5O/c1-11-18(19)12(2)26(23-11)8-6-17(27)22-16-5-7-25(24-16)10-13-3-4-14(20)15(21)9-13/h3-5,7,9H,6,8,10H2,1-2H3,(H,22,24,27). The average Bonchev–Trinajstić information content (AvgIpc) is 3.16. The van der Waals surface area contributed by atoms with Crippen LogP contribution in [0.25, 0.3) is 0 Å². The lowest BCUT2D eigenvalue weighted by Crippen LogP contribution is -2.16. The second-order valence-corrected chi connectivity index (χ2v) is 7.76. The Labute approximate surface area is 175 Å². The normalized spacial score (nSPS) is 11.0. The number of amides is 1. The van der Waals surface area contributed by atoms with Gasteiger partial charge in [-0.25, -0.2) is 0 Å². The van der Waals surface area contributed by atoms with Gasteiger partial charge in [0.15, 0.2) is 5.82 Å². The van der Waals surface area contributed by atoms with E-state index in [1.165, 1.54) is 0 Å². The van der Waals surface area contributed by atoms with E-state index in [2.05, 4.69) is 31.4 Å². The Morgan fingerprint density at radius 2 is 1.96 bits per heavy atom. The number of anilines is 1. The average molecular weight is 471 g/mol. The number of hydrogen-bond acceptors (Lipinski definition) is 3. The van der Waals surface area contributed by atoms with E-state index in [0.717, 1.165) is 21.4 Å². The van der Waals surface area contributed by atoms with Crippen molar-refractivity contribution in [2.24, 2.45) is 0 Å². The molecule has 0 aliphatic rings. The maximum Gasteiger partial charge on any atom is 0.227 e. The van der Waals surface area contributed by atoms with Gasteiger partial charge < -0.3 is 5.32 Å². The number of rotatable bonds is 6. The lowest BCUT2D eigenvalue weighted by molar-refractivity contribution is -0.116. The van der Waals surface area contributed by atoms with Gasteiger partial charge in [-0.1, -0.05) is 29.3 Å². The Bertz CT molecular complexity index is 982. The molecule has 0 radical (unpaired) electrons. The zero-order chi connectivity index (χ0) is 19.6. The largest absolute Gasteiger partial charge is 0.309 e. The van der Waals surface area contributed by atoms with Gasteiger partial charge in [0.2, 0.25) is 5.91 Å². The van der Waals surface area contributed by atoms with Crippen LogP contribution in [-0.2, 0) is 17.9 Å². The van der Waals surface area contributed by atoms with Gasteiger partial charge in [0.25, 0.3) is 0 Å². The lowest BCUT2D eigenvalue weighted by Gasteiger charge is -2.05. The van der Waals surface area contributed by atoms with Crippen molar-refractivity contribution in [3.05, 3.63) is 61.9 Å². The van der Waals surface area contributed by atoms with Crippen molar-refractivity contribution < 1.29 is 4.79 Å². The number of carbonyl (C=O) groups is 1. The third-order valence-corrected chi connectivity index (χ3v) is 5.97. The molecule has 0 bridgehead atoms. The summed E-state index contributed by atoms with van der Waals surface area (Å²) in [5.41, 5.74) is 2.89. The highest BCUT2D eigenvalue weighted by Crippen LogP contribution is 2.23. The second-order valence-electron chi connectivity index (χ2n) is 6.15. The van der Waals surface area contributed by atoms with Gasteiger partial charge in [0.05, 0.1) is 33.3 Å². The lowest BCUT2D eigenvalue weighted by atomic mass is 10.2. The molecule has 0 aliphatic heterocycles.